The molecule has 1 aliphatic heterocycles. The van der Waals surface area contributed by atoms with Crippen LogP contribution in [0.15, 0.2) is 24.3 Å². The molecular formula is C18H27NS. The highest BCUT2D eigenvalue weighted by molar-refractivity contribution is 7.99. The molecule has 0 amide bonds. The fourth-order valence-electron chi connectivity index (χ4n) is 3.51. The van der Waals surface area contributed by atoms with Gasteiger partial charge in [-0.2, -0.15) is 11.8 Å². The predicted octanol–water partition coefficient (Wildman–Crippen LogP) is 4.75. The van der Waals surface area contributed by atoms with Crippen molar-refractivity contribution in [3.8, 4) is 0 Å². The minimum atomic E-state index is 0.545. The Balaban J connectivity index is 1.67. The summed E-state index contributed by atoms with van der Waals surface area (Å²) >= 11 is 2.13. The molecular weight excluding hydrogens is 262 g/mol. The van der Waals surface area contributed by atoms with Gasteiger partial charge in [-0.3, -0.25) is 0 Å². The van der Waals surface area contributed by atoms with Crippen LogP contribution in [0.4, 0.5) is 0 Å². The van der Waals surface area contributed by atoms with E-state index in [0.29, 0.717) is 6.04 Å². The smallest absolute Gasteiger partial charge is 0.0320 e. The van der Waals surface area contributed by atoms with E-state index in [0.717, 1.165) is 11.8 Å². The molecule has 1 N–H and O–H groups in total. The summed E-state index contributed by atoms with van der Waals surface area (Å²) in [5, 5.41) is 3.56. The molecule has 1 unspecified atom stereocenters. The first-order valence-electron chi connectivity index (χ1n) is 8.21. The molecule has 1 aliphatic carbocycles. The molecule has 1 atom stereocenters. The summed E-state index contributed by atoms with van der Waals surface area (Å²) in [7, 11) is 2.12. The Hall–Kier alpha value is -0.470. The van der Waals surface area contributed by atoms with Gasteiger partial charge in [0.25, 0.3) is 0 Å². The molecule has 3 rings (SSSR count). The van der Waals surface area contributed by atoms with Crippen molar-refractivity contribution in [3.63, 3.8) is 0 Å². The number of rotatable bonds is 5. The van der Waals surface area contributed by atoms with Gasteiger partial charge in [0.15, 0.2) is 0 Å². The van der Waals surface area contributed by atoms with E-state index < -0.39 is 0 Å². The molecule has 1 aromatic rings. The maximum Gasteiger partial charge on any atom is 0.0320 e. The lowest BCUT2D eigenvalue weighted by Gasteiger charge is -2.29. The van der Waals surface area contributed by atoms with Gasteiger partial charge in [0.05, 0.1) is 0 Å². The van der Waals surface area contributed by atoms with Crippen molar-refractivity contribution in [2.45, 2.75) is 50.5 Å². The van der Waals surface area contributed by atoms with E-state index in [1.807, 2.05) is 0 Å². The van der Waals surface area contributed by atoms with Crippen LogP contribution in [0.3, 0.4) is 0 Å². The zero-order valence-electron chi connectivity index (χ0n) is 12.6. The Morgan fingerprint density at radius 3 is 2.65 bits per heavy atom. The van der Waals surface area contributed by atoms with Crippen molar-refractivity contribution in [2.75, 3.05) is 18.6 Å². The van der Waals surface area contributed by atoms with Crippen LogP contribution in [-0.2, 0) is 0 Å². The molecule has 0 aromatic heterocycles. The Labute approximate surface area is 127 Å². The van der Waals surface area contributed by atoms with Crippen LogP contribution in [0.2, 0.25) is 0 Å². The van der Waals surface area contributed by atoms with Gasteiger partial charge >= 0.3 is 0 Å². The third-order valence-electron chi connectivity index (χ3n) is 5.15. The first-order valence-corrected chi connectivity index (χ1v) is 9.37. The quantitative estimate of drug-likeness (QED) is 0.839. The Morgan fingerprint density at radius 2 is 2.00 bits per heavy atom. The lowest BCUT2D eigenvalue weighted by molar-refractivity contribution is 0.382. The SMILES string of the molecule is CNC(CC1CCSCC1)c1cccc(C2CCC2)c1. The second-order valence-corrected chi connectivity index (χ2v) is 7.66. The topological polar surface area (TPSA) is 12.0 Å². The number of thioether (sulfide) groups is 1. The lowest BCUT2D eigenvalue weighted by atomic mass is 9.79. The summed E-state index contributed by atoms with van der Waals surface area (Å²) < 4.78 is 0. The number of nitrogens with one attached hydrogen (secondary N) is 1. The molecule has 1 saturated carbocycles. The molecule has 1 aromatic carbocycles. The zero-order valence-corrected chi connectivity index (χ0v) is 13.4. The summed E-state index contributed by atoms with van der Waals surface area (Å²) in [5.41, 5.74) is 3.09. The molecule has 1 saturated heterocycles. The number of hydrogen-bond donors (Lipinski definition) is 1. The van der Waals surface area contributed by atoms with Gasteiger partial charge in [-0.05, 0) is 73.6 Å². The lowest BCUT2D eigenvalue weighted by Crippen LogP contribution is -2.22. The normalized spacial score (nSPS) is 22.4. The third kappa shape index (κ3) is 3.40. The fourth-order valence-corrected chi connectivity index (χ4v) is 4.71. The molecule has 0 bridgehead atoms. The van der Waals surface area contributed by atoms with Crippen molar-refractivity contribution in [3.05, 3.63) is 35.4 Å². The molecule has 2 heteroatoms. The van der Waals surface area contributed by atoms with Crippen molar-refractivity contribution in [2.24, 2.45) is 5.92 Å². The highest BCUT2D eigenvalue weighted by Gasteiger charge is 2.22. The van der Waals surface area contributed by atoms with E-state index in [9.17, 15) is 0 Å². The van der Waals surface area contributed by atoms with Gasteiger partial charge in [-0.1, -0.05) is 30.7 Å². The van der Waals surface area contributed by atoms with Crippen LogP contribution in [0.25, 0.3) is 0 Å². The highest BCUT2D eigenvalue weighted by Crippen LogP contribution is 2.38. The summed E-state index contributed by atoms with van der Waals surface area (Å²) in [6.45, 7) is 0. The molecule has 0 radical (unpaired) electrons. The Bertz CT molecular complexity index is 421. The van der Waals surface area contributed by atoms with Crippen molar-refractivity contribution in [1.82, 2.24) is 5.32 Å². The van der Waals surface area contributed by atoms with E-state index in [2.05, 4.69) is 48.4 Å². The number of benzene rings is 1. The second kappa shape index (κ2) is 7.00. The standard InChI is InChI=1S/C18H27NS/c1-19-18(12-14-8-10-20-11-9-14)17-7-3-6-16(13-17)15-4-2-5-15/h3,6-7,13-15,18-19H,2,4-5,8-12H2,1H3. The second-order valence-electron chi connectivity index (χ2n) is 6.43. The van der Waals surface area contributed by atoms with Crippen LogP contribution >= 0.6 is 11.8 Å². The van der Waals surface area contributed by atoms with Gasteiger partial charge in [-0.25, -0.2) is 0 Å². The maximum atomic E-state index is 3.56. The molecule has 2 fully saturated rings. The minimum absolute atomic E-state index is 0.545. The molecule has 2 aliphatic rings. The summed E-state index contributed by atoms with van der Waals surface area (Å²) in [4.78, 5) is 0. The first-order chi connectivity index (χ1) is 9.86. The monoisotopic (exact) mass is 289 g/mol. The largest absolute Gasteiger partial charge is 0.313 e. The summed E-state index contributed by atoms with van der Waals surface area (Å²) in [5.74, 6) is 4.49. The maximum absolute atomic E-state index is 3.56. The van der Waals surface area contributed by atoms with Gasteiger partial charge in [0.1, 0.15) is 0 Å². The van der Waals surface area contributed by atoms with Gasteiger partial charge in [-0.15, -0.1) is 0 Å². The van der Waals surface area contributed by atoms with Gasteiger partial charge in [0, 0.05) is 6.04 Å². The Kier molecular flexibility index (Phi) is 5.06. The van der Waals surface area contributed by atoms with Crippen molar-refractivity contribution < 1.29 is 0 Å². The van der Waals surface area contributed by atoms with Crippen LogP contribution in [0, 0.1) is 5.92 Å². The van der Waals surface area contributed by atoms with Crippen LogP contribution < -0.4 is 5.32 Å². The average molecular weight is 289 g/mol. The van der Waals surface area contributed by atoms with Crippen molar-refractivity contribution >= 4 is 11.8 Å². The fraction of sp³-hybridized carbons (Fsp3) is 0.667. The van der Waals surface area contributed by atoms with Crippen LogP contribution in [0.1, 0.15) is 61.6 Å². The van der Waals surface area contributed by atoms with Crippen LogP contribution in [-0.4, -0.2) is 18.6 Å². The van der Waals surface area contributed by atoms with Gasteiger partial charge in [0.2, 0.25) is 0 Å². The van der Waals surface area contributed by atoms with E-state index in [4.69, 9.17) is 0 Å². The van der Waals surface area contributed by atoms with Crippen LogP contribution in [0.5, 0.6) is 0 Å². The molecule has 110 valence electrons. The Morgan fingerprint density at radius 1 is 1.20 bits per heavy atom. The molecule has 0 spiro atoms. The number of hydrogen-bond acceptors (Lipinski definition) is 2. The first kappa shape index (κ1) is 14.5. The molecule has 1 heterocycles. The minimum Gasteiger partial charge on any atom is -0.313 e. The van der Waals surface area contributed by atoms with E-state index in [-0.39, 0.29) is 0 Å². The van der Waals surface area contributed by atoms with Crippen molar-refractivity contribution in [1.29, 1.82) is 0 Å². The molecule has 1 nitrogen and oxygen atoms in total. The van der Waals surface area contributed by atoms with E-state index in [1.165, 1.54) is 55.6 Å². The predicted molar refractivity (Wildman–Crippen MR) is 89.5 cm³/mol. The van der Waals surface area contributed by atoms with E-state index in [1.54, 1.807) is 5.56 Å². The average Bonchev–Trinajstić information content (AvgIpc) is 2.44. The summed E-state index contributed by atoms with van der Waals surface area (Å²) in [6, 6.07) is 9.94. The van der Waals surface area contributed by atoms with Gasteiger partial charge < -0.3 is 5.32 Å². The summed E-state index contributed by atoms with van der Waals surface area (Å²) in [6.07, 6.45) is 8.34. The van der Waals surface area contributed by atoms with E-state index >= 15 is 0 Å². The molecule has 20 heavy (non-hydrogen) atoms. The zero-order chi connectivity index (χ0) is 13.8. The third-order valence-corrected chi connectivity index (χ3v) is 6.20. The highest BCUT2D eigenvalue weighted by atomic mass is 32.2.